The van der Waals surface area contributed by atoms with Crippen LogP contribution in [0.3, 0.4) is 0 Å². The van der Waals surface area contributed by atoms with Gasteiger partial charge < -0.3 is 15.7 Å². The molecule has 0 heterocycles. The molecule has 0 amide bonds. The second-order valence-corrected chi connectivity index (χ2v) is 1.60. The number of carboxylic acid groups (broad SMARTS) is 1. The van der Waals surface area contributed by atoms with Gasteiger partial charge in [-0.05, 0) is 0 Å². The van der Waals surface area contributed by atoms with Crippen molar-refractivity contribution in [1.82, 2.24) is 0 Å². The molecule has 62 valence electrons. The van der Waals surface area contributed by atoms with Crippen molar-refractivity contribution in [3.8, 4) is 0 Å². The van der Waals surface area contributed by atoms with Gasteiger partial charge >= 0.3 is 11.9 Å². The molecular weight excluding hydrogens is 152 g/mol. The Bertz CT molecular complexity index is 199. The average molecular weight is 160 g/mol. The Morgan fingerprint density at radius 3 is 2.55 bits per heavy atom. The van der Waals surface area contributed by atoms with Crippen LogP contribution in [0.1, 0.15) is 13.3 Å². The Kier molecular flexibility index (Phi) is 3.65. The largest absolute Gasteiger partial charge is 0.475 e. The third kappa shape index (κ3) is 3.90. The Labute approximate surface area is 62.6 Å². The summed E-state index contributed by atoms with van der Waals surface area (Å²) in [5.74, 6) is -2.80. The molecular formula is C5H8N2O4. The molecule has 0 aromatic heterocycles. The van der Waals surface area contributed by atoms with E-state index in [1.54, 1.807) is 6.92 Å². The molecule has 0 saturated carbocycles. The van der Waals surface area contributed by atoms with Gasteiger partial charge in [-0.2, -0.15) is 0 Å². The molecule has 0 aliphatic carbocycles. The summed E-state index contributed by atoms with van der Waals surface area (Å²) >= 11 is 0. The van der Waals surface area contributed by atoms with Crippen molar-refractivity contribution < 1.29 is 19.5 Å². The minimum Gasteiger partial charge on any atom is -0.475 e. The molecule has 0 aromatic carbocycles. The van der Waals surface area contributed by atoms with E-state index in [2.05, 4.69) is 9.99 Å². The zero-order valence-electron chi connectivity index (χ0n) is 5.90. The maximum atomic E-state index is 10.4. The highest BCUT2D eigenvalue weighted by atomic mass is 16.7. The minimum absolute atomic E-state index is 0.121. The van der Waals surface area contributed by atoms with E-state index in [1.807, 2.05) is 0 Å². The van der Waals surface area contributed by atoms with Gasteiger partial charge in [0, 0.05) is 6.42 Å². The number of oxime groups is 1. The third-order valence-corrected chi connectivity index (χ3v) is 0.754. The fraction of sp³-hybridized carbons (Fsp3) is 0.400. The predicted octanol–water partition coefficient (Wildman–Crippen LogP) is -0.704. The van der Waals surface area contributed by atoms with Crippen molar-refractivity contribution in [3.05, 3.63) is 0 Å². The highest BCUT2D eigenvalue weighted by Gasteiger charge is 2.04. The van der Waals surface area contributed by atoms with E-state index in [9.17, 15) is 9.59 Å². The van der Waals surface area contributed by atoms with Crippen LogP contribution >= 0.6 is 0 Å². The van der Waals surface area contributed by atoms with Crippen LogP contribution in [0.2, 0.25) is 0 Å². The van der Waals surface area contributed by atoms with Crippen LogP contribution in [0.4, 0.5) is 0 Å². The first-order chi connectivity index (χ1) is 5.07. The smallest absolute Gasteiger partial charge is 0.374 e. The summed E-state index contributed by atoms with van der Waals surface area (Å²) in [6.07, 6.45) is 0.121. The number of rotatable bonds is 2. The van der Waals surface area contributed by atoms with Crippen molar-refractivity contribution >= 4 is 17.8 Å². The number of nitrogens with two attached hydrogens (primary N) is 1. The molecule has 0 bridgehead atoms. The zero-order valence-corrected chi connectivity index (χ0v) is 5.90. The number of hydrogen-bond acceptors (Lipinski definition) is 4. The summed E-state index contributed by atoms with van der Waals surface area (Å²) in [6.45, 7) is 1.55. The van der Waals surface area contributed by atoms with Gasteiger partial charge in [0.2, 0.25) is 5.84 Å². The standard InChI is InChI=1S/C5H8N2O4/c1-2-3(8)11-7-4(6)5(9)10/h2H2,1H3,(H2,6,7)(H,9,10). The van der Waals surface area contributed by atoms with Crippen LogP contribution in [0.25, 0.3) is 0 Å². The van der Waals surface area contributed by atoms with Crippen LogP contribution in [0.15, 0.2) is 5.16 Å². The first kappa shape index (κ1) is 9.41. The molecule has 0 atom stereocenters. The molecule has 0 aliphatic rings. The van der Waals surface area contributed by atoms with Crippen molar-refractivity contribution in [3.63, 3.8) is 0 Å². The maximum absolute atomic E-state index is 10.4. The number of aliphatic carboxylic acids is 1. The van der Waals surface area contributed by atoms with E-state index in [0.29, 0.717) is 0 Å². The molecule has 3 N–H and O–H groups in total. The fourth-order valence-corrected chi connectivity index (χ4v) is 0.204. The normalized spacial score (nSPS) is 10.8. The monoisotopic (exact) mass is 160 g/mol. The van der Waals surface area contributed by atoms with Crippen molar-refractivity contribution in [2.75, 3.05) is 0 Å². The fourth-order valence-electron chi connectivity index (χ4n) is 0.204. The van der Waals surface area contributed by atoms with E-state index in [-0.39, 0.29) is 6.42 Å². The van der Waals surface area contributed by atoms with E-state index in [0.717, 1.165) is 0 Å². The zero-order chi connectivity index (χ0) is 8.85. The molecule has 0 unspecified atom stereocenters. The molecule has 0 aromatic rings. The third-order valence-electron chi connectivity index (χ3n) is 0.754. The Hall–Kier alpha value is -1.59. The van der Waals surface area contributed by atoms with Crippen LogP contribution < -0.4 is 5.73 Å². The van der Waals surface area contributed by atoms with Gasteiger partial charge in [-0.15, -0.1) is 0 Å². The van der Waals surface area contributed by atoms with Crippen LogP contribution in [-0.4, -0.2) is 22.9 Å². The summed E-state index contributed by atoms with van der Waals surface area (Å²) in [6, 6.07) is 0. The number of carboxylic acids is 1. The topological polar surface area (TPSA) is 102 Å². The Balaban J connectivity index is 3.92. The lowest BCUT2D eigenvalue weighted by Gasteiger charge is -1.92. The quantitative estimate of drug-likeness (QED) is 0.240. The van der Waals surface area contributed by atoms with Gasteiger partial charge in [0.25, 0.3) is 0 Å². The molecule has 11 heavy (non-hydrogen) atoms. The summed E-state index contributed by atoms with van der Waals surface area (Å²) < 4.78 is 0. The minimum atomic E-state index is -1.42. The average Bonchev–Trinajstić information content (AvgIpc) is 1.99. The van der Waals surface area contributed by atoms with Gasteiger partial charge in [0.1, 0.15) is 0 Å². The highest BCUT2D eigenvalue weighted by Crippen LogP contribution is 1.84. The van der Waals surface area contributed by atoms with Crippen molar-refractivity contribution in [1.29, 1.82) is 0 Å². The molecule has 0 rings (SSSR count). The number of nitrogens with zero attached hydrogens (tertiary/aromatic N) is 1. The first-order valence-corrected chi connectivity index (χ1v) is 2.84. The van der Waals surface area contributed by atoms with E-state index in [4.69, 9.17) is 10.8 Å². The van der Waals surface area contributed by atoms with Crippen molar-refractivity contribution in [2.45, 2.75) is 13.3 Å². The predicted molar refractivity (Wildman–Crippen MR) is 35.6 cm³/mol. The van der Waals surface area contributed by atoms with Crippen molar-refractivity contribution in [2.24, 2.45) is 10.9 Å². The molecule has 0 fully saturated rings. The Morgan fingerprint density at radius 2 is 2.18 bits per heavy atom. The second kappa shape index (κ2) is 4.26. The van der Waals surface area contributed by atoms with E-state index < -0.39 is 17.8 Å². The highest BCUT2D eigenvalue weighted by molar-refractivity contribution is 6.33. The summed E-state index contributed by atoms with van der Waals surface area (Å²) in [5.41, 5.74) is 4.79. The van der Waals surface area contributed by atoms with Crippen LogP contribution in [0.5, 0.6) is 0 Å². The van der Waals surface area contributed by atoms with Gasteiger partial charge in [-0.3, -0.25) is 0 Å². The number of amidine groups is 1. The van der Waals surface area contributed by atoms with Gasteiger partial charge in [0.05, 0.1) is 0 Å². The second-order valence-electron chi connectivity index (χ2n) is 1.60. The van der Waals surface area contributed by atoms with Gasteiger partial charge in [-0.1, -0.05) is 12.1 Å². The molecule has 6 heteroatoms. The van der Waals surface area contributed by atoms with E-state index in [1.165, 1.54) is 0 Å². The van der Waals surface area contributed by atoms with Crippen LogP contribution in [0, 0.1) is 0 Å². The lowest BCUT2D eigenvalue weighted by molar-refractivity contribution is -0.143. The molecule has 0 radical (unpaired) electrons. The van der Waals surface area contributed by atoms with Crippen LogP contribution in [-0.2, 0) is 14.4 Å². The maximum Gasteiger partial charge on any atom is 0.374 e. The molecule has 0 aliphatic heterocycles. The lowest BCUT2D eigenvalue weighted by Crippen LogP contribution is -2.23. The first-order valence-electron chi connectivity index (χ1n) is 2.84. The Morgan fingerprint density at radius 1 is 1.64 bits per heavy atom. The SMILES string of the molecule is CCC(=O)O/N=C(\N)C(=O)O. The number of carbonyl (C=O) groups excluding carboxylic acids is 1. The van der Waals surface area contributed by atoms with Gasteiger partial charge in [-0.25, -0.2) is 9.59 Å². The molecule has 6 nitrogen and oxygen atoms in total. The molecule has 0 spiro atoms. The van der Waals surface area contributed by atoms with Gasteiger partial charge in [0.15, 0.2) is 0 Å². The number of carbonyl (C=O) groups is 2. The summed E-state index contributed by atoms with van der Waals surface area (Å²) in [5, 5.41) is 11.0. The number of hydrogen-bond donors (Lipinski definition) is 2. The lowest BCUT2D eigenvalue weighted by atomic mass is 10.5. The molecule has 0 saturated heterocycles. The summed E-state index contributed by atoms with van der Waals surface area (Å²) in [7, 11) is 0. The summed E-state index contributed by atoms with van der Waals surface area (Å²) in [4.78, 5) is 24.4. The van der Waals surface area contributed by atoms with E-state index >= 15 is 0 Å².